The summed E-state index contributed by atoms with van der Waals surface area (Å²) in [6, 6.07) is 1.66. The van der Waals surface area contributed by atoms with E-state index in [9.17, 15) is 28.1 Å². The highest BCUT2D eigenvalue weighted by molar-refractivity contribution is 6.31. The number of carboxylic acid groups (broad SMARTS) is 1. The molecule has 0 aliphatic heterocycles. The maximum Gasteiger partial charge on any atom is 0.450 e. The topological polar surface area (TPSA) is 98.3 Å². The number of non-ortho nitro benzene ring substituents is 1. The summed E-state index contributed by atoms with van der Waals surface area (Å²) in [4.78, 5) is 23.8. The molecular formula is C9H3ClF3N3O4. The summed E-state index contributed by atoms with van der Waals surface area (Å²) < 4.78 is 38.0. The van der Waals surface area contributed by atoms with Gasteiger partial charge in [-0.05, 0) is 6.07 Å². The van der Waals surface area contributed by atoms with Crippen LogP contribution in [-0.2, 0) is 6.18 Å². The highest BCUT2D eigenvalue weighted by Crippen LogP contribution is 2.35. The molecule has 0 saturated carbocycles. The molecule has 0 bridgehead atoms. The lowest BCUT2D eigenvalue weighted by atomic mass is 10.2. The number of hydrogen-bond acceptors (Lipinski definition) is 4. The fourth-order valence-electron chi connectivity index (χ4n) is 1.65. The second-order valence-corrected chi connectivity index (χ2v) is 4.04. The lowest BCUT2D eigenvalue weighted by Gasteiger charge is -2.06. The van der Waals surface area contributed by atoms with Crippen LogP contribution in [0, 0.1) is 10.1 Å². The molecule has 1 aromatic carbocycles. The molecule has 11 heteroatoms. The van der Waals surface area contributed by atoms with E-state index < -0.39 is 39.7 Å². The summed E-state index contributed by atoms with van der Waals surface area (Å²) in [7, 11) is 0. The summed E-state index contributed by atoms with van der Waals surface area (Å²) >= 11 is 5.55. The van der Waals surface area contributed by atoms with Crippen molar-refractivity contribution in [3.05, 3.63) is 33.1 Å². The fraction of sp³-hybridized carbons (Fsp3) is 0.111. The minimum atomic E-state index is -5.09. The van der Waals surface area contributed by atoms with E-state index in [0.29, 0.717) is 0 Å². The highest BCUT2D eigenvalue weighted by atomic mass is 35.5. The van der Waals surface area contributed by atoms with Gasteiger partial charge >= 0.3 is 12.3 Å². The average molecular weight is 310 g/mol. The molecule has 0 radical (unpaired) electrons. The number of benzene rings is 1. The van der Waals surface area contributed by atoms with Gasteiger partial charge in [-0.25, -0.2) is 14.3 Å². The van der Waals surface area contributed by atoms with E-state index in [1.807, 2.05) is 0 Å². The van der Waals surface area contributed by atoms with Crippen LogP contribution in [0.15, 0.2) is 12.1 Å². The van der Waals surface area contributed by atoms with Gasteiger partial charge in [-0.15, -0.1) is 0 Å². The Kier molecular flexibility index (Phi) is 3.05. The van der Waals surface area contributed by atoms with Gasteiger partial charge in [0.25, 0.3) is 5.69 Å². The van der Waals surface area contributed by atoms with Crippen LogP contribution in [0.5, 0.6) is 0 Å². The van der Waals surface area contributed by atoms with Crippen molar-refractivity contribution in [2.45, 2.75) is 6.18 Å². The van der Waals surface area contributed by atoms with Gasteiger partial charge in [-0.3, -0.25) is 10.1 Å². The minimum absolute atomic E-state index is 0.186. The van der Waals surface area contributed by atoms with Crippen LogP contribution in [0.2, 0.25) is 5.02 Å². The Morgan fingerprint density at radius 1 is 1.45 bits per heavy atom. The van der Waals surface area contributed by atoms with E-state index in [4.69, 9.17) is 16.7 Å². The zero-order chi connectivity index (χ0) is 15.2. The molecule has 1 aromatic heterocycles. The number of alkyl halides is 3. The molecule has 0 saturated heterocycles. The normalized spacial score (nSPS) is 11.8. The van der Waals surface area contributed by atoms with Gasteiger partial charge in [0.05, 0.1) is 10.4 Å². The number of fused-ring (bicyclic) bond motifs is 1. The number of rotatable bonds is 1. The Hall–Kier alpha value is -2.36. The number of carbonyl (C=O) groups is 1. The van der Waals surface area contributed by atoms with Crippen LogP contribution < -0.4 is 0 Å². The third-order valence-corrected chi connectivity index (χ3v) is 2.56. The standard InChI is InChI=1S/C9H3ClF3N3O4/c10-3-1-4-6(5(2-3)16(19)20)14-7(9(11,12)13)15(4)8(17)18/h1-2H,(H,17,18). The number of nitro groups is 1. The number of aromatic nitrogens is 2. The largest absolute Gasteiger partial charge is 0.464 e. The molecule has 0 atom stereocenters. The predicted molar refractivity (Wildman–Crippen MR) is 59.8 cm³/mol. The number of hydrogen-bond donors (Lipinski definition) is 1. The highest BCUT2D eigenvalue weighted by Gasteiger charge is 2.40. The van der Waals surface area contributed by atoms with Gasteiger partial charge in [0.15, 0.2) is 5.52 Å². The molecule has 0 unspecified atom stereocenters. The SMILES string of the molecule is O=C(O)n1c(C(F)(F)F)nc2c([N+](=O)[O-])cc(Cl)cc21. The Labute approximate surface area is 112 Å². The van der Waals surface area contributed by atoms with Crippen LogP contribution in [-0.4, -0.2) is 25.7 Å². The Morgan fingerprint density at radius 3 is 2.50 bits per heavy atom. The fourth-order valence-corrected chi connectivity index (χ4v) is 1.86. The molecule has 2 rings (SSSR count). The maximum absolute atomic E-state index is 12.7. The first-order valence-corrected chi connectivity index (χ1v) is 5.17. The second-order valence-electron chi connectivity index (χ2n) is 3.60. The molecule has 7 nitrogen and oxygen atoms in total. The summed E-state index contributed by atoms with van der Waals surface area (Å²) in [6.45, 7) is 0. The zero-order valence-electron chi connectivity index (χ0n) is 9.18. The smallest absolute Gasteiger partial charge is 0.450 e. The molecule has 106 valence electrons. The predicted octanol–water partition coefficient (Wildman–Crippen LogP) is 3.14. The second kappa shape index (κ2) is 4.34. The van der Waals surface area contributed by atoms with E-state index >= 15 is 0 Å². The van der Waals surface area contributed by atoms with Crippen molar-refractivity contribution in [1.29, 1.82) is 0 Å². The number of halogens is 4. The molecule has 1 heterocycles. The van der Waals surface area contributed by atoms with Gasteiger partial charge in [0.1, 0.15) is 0 Å². The van der Waals surface area contributed by atoms with E-state index in [1.165, 1.54) is 0 Å². The van der Waals surface area contributed by atoms with E-state index in [2.05, 4.69) is 4.98 Å². The first-order valence-electron chi connectivity index (χ1n) is 4.80. The molecule has 1 N–H and O–H groups in total. The van der Waals surface area contributed by atoms with E-state index in [-0.39, 0.29) is 9.59 Å². The zero-order valence-corrected chi connectivity index (χ0v) is 9.94. The lowest BCUT2D eigenvalue weighted by molar-refractivity contribution is -0.383. The van der Waals surface area contributed by atoms with Gasteiger partial charge in [-0.1, -0.05) is 11.6 Å². The van der Waals surface area contributed by atoms with Crippen molar-refractivity contribution in [1.82, 2.24) is 9.55 Å². The van der Waals surface area contributed by atoms with Crippen molar-refractivity contribution in [2.75, 3.05) is 0 Å². The monoisotopic (exact) mass is 309 g/mol. The first kappa shape index (κ1) is 14.1. The van der Waals surface area contributed by atoms with Crippen molar-refractivity contribution in [2.24, 2.45) is 0 Å². The van der Waals surface area contributed by atoms with Gasteiger partial charge < -0.3 is 5.11 Å². The minimum Gasteiger partial charge on any atom is -0.464 e. The number of imidazole rings is 1. The molecule has 20 heavy (non-hydrogen) atoms. The summed E-state index contributed by atoms with van der Waals surface area (Å²) in [5.41, 5.74) is -2.11. The Balaban J connectivity index is 2.98. The summed E-state index contributed by atoms with van der Waals surface area (Å²) in [5, 5.41) is 19.3. The lowest BCUT2D eigenvalue weighted by Crippen LogP contribution is -2.19. The molecule has 0 spiro atoms. The third-order valence-electron chi connectivity index (χ3n) is 2.35. The first-order chi connectivity index (χ1) is 9.12. The molecule has 2 aromatic rings. The molecule has 0 fully saturated rings. The molecular weight excluding hydrogens is 307 g/mol. The third kappa shape index (κ3) is 2.13. The van der Waals surface area contributed by atoms with Gasteiger partial charge in [0.2, 0.25) is 5.82 Å². The van der Waals surface area contributed by atoms with E-state index in [0.717, 1.165) is 12.1 Å². The van der Waals surface area contributed by atoms with Crippen molar-refractivity contribution in [3.63, 3.8) is 0 Å². The average Bonchev–Trinajstić information content (AvgIpc) is 2.66. The van der Waals surface area contributed by atoms with Crippen molar-refractivity contribution >= 4 is 34.4 Å². The quantitative estimate of drug-likeness (QED) is 0.644. The van der Waals surface area contributed by atoms with Crippen LogP contribution in [0.1, 0.15) is 5.82 Å². The van der Waals surface area contributed by atoms with Gasteiger partial charge in [-0.2, -0.15) is 13.2 Å². The van der Waals surface area contributed by atoms with Crippen molar-refractivity contribution in [3.8, 4) is 0 Å². The molecule has 0 aliphatic carbocycles. The maximum atomic E-state index is 12.7. The molecule has 0 aliphatic rings. The van der Waals surface area contributed by atoms with Crippen LogP contribution in [0.25, 0.3) is 11.0 Å². The van der Waals surface area contributed by atoms with Crippen molar-refractivity contribution < 1.29 is 28.0 Å². The van der Waals surface area contributed by atoms with Gasteiger partial charge in [0, 0.05) is 11.1 Å². The van der Waals surface area contributed by atoms with E-state index in [1.54, 1.807) is 0 Å². The van der Waals surface area contributed by atoms with Crippen LogP contribution in [0.3, 0.4) is 0 Å². The van der Waals surface area contributed by atoms with Crippen LogP contribution in [0.4, 0.5) is 23.7 Å². The summed E-state index contributed by atoms with van der Waals surface area (Å²) in [6.07, 6.45) is -7.06. The van der Waals surface area contributed by atoms with Crippen LogP contribution >= 0.6 is 11.6 Å². The summed E-state index contributed by atoms with van der Waals surface area (Å²) in [5.74, 6) is -1.77. The molecule has 0 amide bonds. The Bertz CT molecular complexity index is 740. The Morgan fingerprint density at radius 2 is 2.05 bits per heavy atom. The number of nitro benzene ring substituents is 1. The number of nitrogens with zero attached hydrogens (tertiary/aromatic N) is 3.